The Morgan fingerprint density at radius 1 is 1.09 bits per heavy atom. The Kier molecular flexibility index (Phi) is 6.05. The highest BCUT2D eigenvalue weighted by Crippen LogP contribution is 2.27. The zero-order valence-electron chi connectivity index (χ0n) is 19.5. The third-order valence-corrected chi connectivity index (χ3v) is 5.97. The maximum Gasteiger partial charge on any atom is 0.350 e. The molecule has 0 radical (unpaired) electrons. The predicted molar refractivity (Wildman–Crippen MR) is 131 cm³/mol. The minimum Gasteiger partial charge on any atom is -0.488 e. The third kappa shape index (κ3) is 4.52. The minimum absolute atomic E-state index is 0.198. The largest absolute Gasteiger partial charge is 0.488 e. The lowest BCUT2D eigenvalue weighted by molar-refractivity contribution is 0.0948. The second kappa shape index (κ2) is 9.46. The molecule has 178 valence electrons. The van der Waals surface area contributed by atoms with Gasteiger partial charge in [-0.25, -0.2) is 9.48 Å². The van der Waals surface area contributed by atoms with Crippen molar-refractivity contribution in [3.63, 3.8) is 0 Å². The van der Waals surface area contributed by atoms with Crippen molar-refractivity contribution < 1.29 is 14.1 Å². The topological polar surface area (TPSA) is 104 Å². The molecule has 0 unspecified atom stereocenters. The number of pyridine rings is 1. The van der Waals surface area contributed by atoms with Crippen LogP contribution in [0.15, 0.2) is 70.1 Å². The van der Waals surface area contributed by atoms with Crippen molar-refractivity contribution in [2.75, 3.05) is 6.54 Å². The molecule has 0 spiro atoms. The van der Waals surface area contributed by atoms with Crippen LogP contribution in [0.4, 0.5) is 0 Å². The van der Waals surface area contributed by atoms with E-state index >= 15 is 0 Å². The molecule has 0 bridgehead atoms. The molecule has 3 aromatic heterocycles. The van der Waals surface area contributed by atoms with Crippen molar-refractivity contribution in [1.29, 1.82) is 0 Å². The Balaban J connectivity index is 1.30. The van der Waals surface area contributed by atoms with Gasteiger partial charge in [-0.05, 0) is 55.3 Å². The number of ether oxygens (including phenoxy) is 1. The van der Waals surface area contributed by atoms with Gasteiger partial charge >= 0.3 is 5.69 Å². The molecular formula is C26H25N5O4. The van der Waals surface area contributed by atoms with Crippen molar-refractivity contribution in [3.8, 4) is 5.75 Å². The second-order valence-corrected chi connectivity index (χ2v) is 8.33. The van der Waals surface area contributed by atoms with Gasteiger partial charge < -0.3 is 14.6 Å². The number of hydrogen-bond acceptors (Lipinski definition) is 6. The summed E-state index contributed by atoms with van der Waals surface area (Å²) in [5, 5.41) is 13.1. The summed E-state index contributed by atoms with van der Waals surface area (Å²) < 4.78 is 14.2. The van der Waals surface area contributed by atoms with E-state index in [-0.39, 0.29) is 18.2 Å². The molecule has 0 fully saturated rings. The predicted octanol–water partition coefficient (Wildman–Crippen LogP) is 3.65. The maximum absolute atomic E-state index is 13.1. The van der Waals surface area contributed by atoms with E-state index in [4.69, 9.17) is 9.26 Å². The average molecular weight is 472 g/mol. The van der Waals surface area contributed by atoms with E-state index in [0.29, 0.717) is 42.2 Å². The van der Waals surface area contributed by atoms with Crippen LogP contribution >= 0.6 is 0 Å². The molecule has 0 atom stereocenters. The van der Waals surface area contributed by atoms with Crippen molar-refractivity contribution in [2.24, 2.45) is 0 Å². The summed E-state index contributed by atoms with van der Waals surface area (Å²) in [5.74, 6) is 0.932. The fourth-order valence-corrected chi connectivity index (χ4v) is 4.01. The Bertz CT molecular complexity index is 1560. The van der Waals surface area contributed by atoms with Gasteiger partial charge in [-0.1, -0.05) is 35.5 Å². The van der Waals surface area contributed by atoms with Crippen molar-refractivity contribution >= 4 is 22.3 Å². The SMILES string of the molecule is Cc1noc(C)c1COc1cc2ccccc2cc1C(=O)NCCCn1nc2ccccn2c1=O. The van der Waals surface area contributed by atoms with Crippen LogP contribution in [0.2, 0.25) is 0 Å². The number of fused-ring (bicyclic) bond motifs is 2. The molecule has 0 aliphatic rings. The van der Waals surface area contributed by atoms with E-state index in [9.17, 15) is 9.59 Å². The lowest BCUT2D eigenvalue weighted by atomic mass is 10.1. The summed E-state index contributed by atoms with van der Waals surface area (Å²) in [4.78, 5) is 25.5. The molecule has 3 heterocycles. The molecule has 0 saturated carbocycles. The average Bonchev–Trinajstić information content (AvgIpc) is 3.37. The van der Waals surface area contributed by atoms with Gasteiger partial charge in [-0.2, -0.15) is 0 Å². The molecule has 35 heavy (non-hydrogen) atoms. The Morgan fingerprint density at radius 2 is 1.86 bits per heavy atom. The number of benzene rings is 2. The number of aromatic nitrogens is 4. The highest BCUT2D eigenvalue weighted by molar-refractivity contribution is 6.01. The number of amides is 1. The van der Waals surface area contributed by atoms with Crippen molar-refractivity contribution in [1.82, 2.24) is 24.7 Å². The molecule has 9 nitrogen and oxygen atoms in total. The molecule has 0 saturated heterocycles. The lowest BCUT2D eigenvalue weighted by Gasteiger charge is -2.13. The van der Waals surface area contributed by atoms with Gasteiger partial charge in [0.1, 0.15) is 18.1 Å². The molecular weight excluding hydrogens is 446 g/mol. The van der Waals surface area contributed by atoms with Gasteiger partial charge in [-0.3, -0.25) is 9.20 Å². The summed E-state index contributed by atoms with van der Waals surface area (Å²) in [6, 6.07) is 16.9. The first-order valence-electron chi connectivity index (χ1n) is 11.4. The lowest BCUT2D eigenvalue weighted by Crippen LogP contribution is -2.28. The van der Waals surface area contributed by atoms with E-state index < -0.39 is 0 Å². The Hall–Kier alpha value is -4.40. The van der Waals surface area contributed by atoms with Crippen LogP contribution in [0, 0.1) is 13.8 Å². The number of carbonyl (C=O) groups excluding carboxylic acids is 1. The fraction of sp³-hybridized carbons (Fsp3) is 0.231. The van der Waals surface area contributed by atoms with E-state index in [0.717, 1.165) is 22.0 Å². The quantitative estimate of drug-likeness (QED) is 0.347. The number of nitrogens with one attached hydrogen (secondary N) is 1. The zero-order valence-corrected chi connectivity index (χ0v) is 19.5. The summed E-state index contributed by atoms with van der Waals surface area (Å²) >= 11 is 0. The van der Waals surface area contributed by atoms with Crippen LogP contribution in [0.25, 0.3) is 16.4 Å². The van der Waals surface area contributed by atoms with Crippen LogP contribution < -0.4 is 15.7 Å². The summed E-state index contributed by atoms with van der Waals surface area (Å²) in [7, 11) is 0. The summed E-state index contributed by atoms with van der Waals surface area (Å²) in [6.45, 7) is 4.72. The van der Waals surface area contributed by atoms with Crippen LogP contribution in [-0.4, -0.2) is 31.8 Å². The number of rotatable bonds is 8. The second-order valence-electron chi connectivity index (χ2n) is 8.33. The highest BCUT2D eigenvalue weighted by Gasteiger charge is 2.16. The molecule has 0 aliphatic heterocycles. The van der Waals surface area contributed by atoms with Crippen molar-refractivity contribution in [3.05, 3.63) is 93.9 Å². The molecule has 1 amide bonds. The fourth-order valence-electron chi connectivity index (χ4n) is 4.01. The van der Waals surface area contributed by atoms with Gasteiger partial charge in [0.15, 0.2) is 5.65 Å². The highest BCUT2D eigenvalue weighted by atomic mass is 16.5. The van der Waals surface area contributed by atoms with Gasteiger partial charge in [0.25, 0.3) is 5.91 Å². The molecule has 9 heteroatoms. The van der Waals surface area contributed by atoms with E-state index in [1.807, 2.05) is 56.3 Å². The smallest absolute Gasteiger partial charge is 0.350 e. The van der Waals surface area contributed by atoms with Crippen LogP contribution in [0.1, 0.15) is 33.8 Å². The van der Waals surface area contributed by atoms with Gasteiger partial charge in [0.05, 0.1) is 16.8 Å². The van der Waals surface area contributed by atoms with Crippen molar-refractivity contribution in [2.45, 2.75) is 33.4 Å². The summed E-state index contributed by atoms with van der Waals surface area (Å²) in [6.07, 6.45) is 2.24. The minimum atomic E-state index is -0.244. The van der Waals surface area contributed by atoms with Gasteiger partial charge in [-0.15, -0.1) is 5.10 Å². The van der Waals surface area contributed by atoms with E-state index in [1.165, 1.54) is 9.08 Å². The number of nitrogens with zero attached hydrogens (tertiary/aromatic N) is 4. The number of carbonyl (C=O) groups is 1. The standard InChI is InChI=1S/C26H25N5O4/c1-17-22(18(2)35-29-17)16-34-23-15-20-9-4-3-8-19(20)14-21(23)25(32)27-11-7-13-31-26(33)30-12-6-5-10-24(30)28-31/h3-6,8-10,12,14-15H,7,11,13,16H2,1-2H3,(H,27,32). The van der Waals surface area contributed by atoms with Crippen LogP contribution in [-0.2, 0) is 13.2 Å². The number of aryl methyl sites for hydroxylation is 3. The number of hydrogen-bond donors (Lipinski definition) is 1. The third-order valence-electron chi connectivity index (χ3n) is 5.97. The molecule has 5 rings (SSSR count). The molecule has 2 aromatic carbocycles. The van der Waals surface area contributed by atoms with Gasteiger partial charge in [0, 0.05) is 19.3 Å². The monoisotopic (exact) mass is 471 g/mol. The normalized spacial score (nSPS) is 11.3. The molecule has 1 N–H and O–H groups in total. The maximum atomic E-state index is 13.1. The first-order chi connectivity index (χ1) is 17.0. The molecule has 5 aromatic rings. The summed E-state index contributed by atoms with van der Waals surface area (Å²) in [5.41, 5.74) is 2.47. The van der Waals surface area contributed by atoms with Crippen LogP contribution in [0.5, 0.6) is 5.75 Å². The van der Waals surface area contributed by atoms with E-state index in [1.54, 1.807) is 18.3 Å². The zero-order chi connectivity index (χ0) is 24.4. The molecule has 0 aliphatic carbocycles. The first-order valence-corrected chi connectivity index (χ1v) is 11.4. The Labute approximate surface area is 200 Å². The van der Waals surface area contributed by atoms with E-state index in [2.05, 4.69) is 15.6 Å². The van der Waals surface area contributed by atoms with Crippen LogP contribution in [0.3, 0.4) is 0 Å². The Morgan fingerprint density at radius 3 is 2.60 bits per heavy atom. The van der Waals surface area contributed by atoms with Gasteiger partial charge in [0.2, 0.25) is 0 Å². The first kappa shape index (κ1) is 22.4.